The molecule has 0 unspecified atom stereocenters. The van der Waals surface area contributed by atoms with E-state index in [1.807, 2.05) is 89.8 Å². The quantitative estimate of drug-likeness (QED) is 0.0799. The number of aromatic amines is 2. The van der Waals surface area contributed by atoms with Crippen LogP contribution in [0.1, 0.15) is 118 Å². The van der Waals surface area contributed by atoms with Crippen LogP contribution in [0.15, 0.2) is 103 Å². The average molecular weight is 927 g/mol. The van der Waals surface area contributed by atoms with Gasteiger partial charge in [0.1, 0.15) is 48.4 Å². The van der Waals surface area contributed by atoms with Crippen molar-refractivity contribution < 1.29 is 28.7 Å². The van der Waals surface area contributed by atoms with Gasteiger partial charge in [-0.3, -0.25) is 19.2 Å². The number of likely N-dealkylation sites (tertiary alicyclic amines) is 2. The Kier molecular flexibility index (Phi) is 12.0. The molecule has 5 aromatic rings. The zero-order chi connectivity index (χ0) is 47.2. The number of carbonyl (C=O) groups excluding carboxylic acids is 4. The number of aromatic nitrogens is 4. The third-order valence-corrected chi connectivity index (χ3v) is 15.0. The van der Waals surface area contributed by atoms with Crippen LogP contribution in [0.2, 0.25) is 0 Å². The van der Waals surface area contributed by atoms with E-state index < -0.39 is 12.1 Å². The number of nitrogens with one attached hydrogen (secondary N) is 4. The van der Waals surface area contributed by atoms with Gasteiger partial charge in [-0.15, -0.1) is 0 Å². The molecule has 4 N–H and O–H groups in total. The summed E-state index contributed by atoms with van der Waals surface area (Å²) in [5, 5.41) is 6.13. The van der Waals surface area contributed by atoms with Gasteiger partial charge < -0.3 is 39.9 Å². The molecule has 2 aliphatic carbocycles. The van der Waals surface area contributed by atoms with Crippen molar-refractivity contribution in [1.82, 2.24) is 40.4 Å². The second kappa shape index (κ2) is 18.7. The number of H-pyrrole nitrogens is 2. The number of carbonyl (C=O) groups is 4. The van der Waals surface area contributed by atoms with Crippen LogP contribution in [0.25, 0.3) is 33.6 Å². The van der Waals surface area contributed by atoms with Gasteiger partial charge in [-0.25, -0.2) is 9.97 Å². The molecule has 69 heavy (non-hydrogen) atoms. The highest BCUT2D eigenvalue weighted by Crippen LogP contribution is 2.51. The second-order valence-electron chi connectivity index (χ2n) is 19.3. The molecule has 14 nitrogen and oxygen atoms in total. The molecule has 0 radical (unpaired) electrons. The third kappa shape index (κ3) is 8.44. The lowest BCUT2D eigenvalue weighted by Gasteiger charge is -2.31. The van der Waals surface area contributed by atoms with Gasteiger partial charge in [0.2, 0.25) is 23.6 Å². The van der Waals surface area contributed by atoms with Crippen LogP contribution in [-0.2, 0) is 32.4 Å². The summed E-state index contributed by atoms with van der Waals surface area (Å²) in [5.74, 6) is 2.39. The Balaban J connectivity index is 0.808. The fourth-order valence-electron chi connectivity index (χ4n) is 10.8. The van der Waals surface area contributed by atoms with Crippen molar-refractivity contribution in [3.63, 3.8) is 0 Å². The summed E-state index contributed by atoms with van der Waals surface area (Å²) in [6, 6.07) is 15.7. The molecular weight excluding hydrogens is 869 g/mol. The van der Waals surface area contributed by atoms with Crippen LogP contribution in [-0.4, -0.2) is 72.5 Å². The van der Waals surface area contributed by atoms with Crippen LogP contribution < -0.4 is 20.1 Å². The van der Waals surface area contributed by atoms with Crippen LogP contribution in [0.3, 0.4) is 0 Å². The minimum Gasteiger partial charge on any atom is -0.488 e. The molecule has 14 heteroatoms. The molecular formula is C55H58N8O6. The lowest BCUT2D eigenvalue weighted by atomic mass is 9.84. The van der Waals surface area contributed by atoms with Gasteiger partial charge in [0.05, 0.1) is 35.9 Å². The summed E-state index contributed by atoms with van der Waals surface area (Å²) < 4.78 is 13.0. The molecule has 4 aliphatic heterocycles. The minimum atomic E-state index is -0.863. The number of allylic oxidation sites excluding steroid dienone is 3. The van der Waals surface area contributed by atoms with Gasteiger partial charge >= 0.3 is 0 Å². The number of hydrogen-bond acceptors (Lipinski definition) is 8. The molecule has 354 valence electrons. The first-order valence-electron chi connectivity index (χ1n) is 24.7. The van der Waals surface area contributed by atoms with Crippen LogP contribution in [0.5, 0.6) is 11.5 Å². The summed E-state index contributed by atoms with van der Waals surface area (Å²) >= 11 is 0. The zero-order valence-electron chi connectivity index (χ0n) is 39.0. The highest BCUT2D eigenvalue weighted by Gasteiger charge is 2.40. The molecule has 2 saturated heterocycles. The van der Waals surface area contributed by atoms with E-state index in [1.165, 1.54) is 0 Å². The van der Waals surface area contributed by atoms with Crippen molar-refractivity contribution in [3.05, 3.63) is 132 Å². The normalized spacial score (nSPS) is 20.4. The van der Waals surface area contributed by atoms with Crippen molar-refractivity contribution in [2.45, 2.75) is 109 Å². The van der Waals surface area contributed by atoms with Gasteiger partial charge in [0, 0.05) is 58.3 Å². The molecule has 4 amide bonds. The average Bonchev–Trinajstić information content (AvgIpc) is 4.18. The monoisotopic (exact) mass is 926 g/mol. The Bertz CT molecular complexity index is 2840. The number of nitrogens with zero attached hydrogens (tertiary/aromatic N) is 4. The number of rotatable bonds is 14. The van der Waals surface area contributed by atoms with Gasteiger partial charge in [-0.05, 0) is 93.7 Å². The van der Waals surface area contributed by atoms with E-state index in [2.05, 4.69) is 39.3 Å². The summed E-state index contributed by atoms with van der Waals surface area (Å²) in [5.41, 5.74) is 8.78. The maximum absolute atomic E-state index is 14.3. The van der Waals surface area contributed by atoms with E-state index in [0.717, 1.165) is 126 Å². The van der Waals surface area contributed by atoms with E-state index in [0.29, 0.717) is 43.5 Å². The Morgan fingerprint density at radius 2 is 1.23 bits per heavy atom. The van der Waals surface area contributed by atoms with Crippen molar-refractivity contribution >= 4 is 23.6 Å². The van der Waals surface area contributed by atoms with Crippen molar-refractivity contribution in [2.24, 2.45) is 11.8 Å². The van der Waals surface area contributed by atoms with E-state index in [4.69, 9.17) is 19.4 Å². The van der Waals surface area contributed by atoms with Gasteiger partial charge in [0.25, 0.3) is 0 Å². The SMILES string of the molecule is C=C(/C=C\C=C/C)[C@@H](NC(=O)C1CCC1)C(=O)N1CCC[C@H]1c1ncc(-c2cc3c4c(c2)OCc2cc(-c5cnc([C@@H]6CCCN6C(=O)[C@H](NC(=O)C6CCC6)c6ccccc6)[nH]5)cc(c2-4)OC3)[nH]1. The predicted octanol–water partition coefficient (Wildman–Crippen LogP) is 8.88. The molecule has 6 heterocycles. The first kappa shape index (κ1) is 44.3. The van der Waals surface area contributed by atoms with E-state index in [9.17, 15) is 19.2 Å². The Hall–Kier alpha value is -7.22. The number of benzene rings is 3. The fraction of sp³-hybridized carbons (Fsp3) is 0.382. The molecule has 0 spiro atoms. The minimum absolute atomic E-state index is 0.0354. The van der Waals surface area contributed by atoms with Gasteiger partial charge in [0.15, 0.2) is 0 Å². The Labute approximate surface area is 401 Å². The zero-order valence-corrected chi connectivity index (χ0v) is 39.0. The summed E-state index contributed by atoms with van der Waals surface area (Å²) in [7, 11) is 0. The molecule has 6 aliphatic rings. The Morgan fingerprint density at radius 1 is 0.696 bits per heavy atom. The third-order valence-electron chi connectivity index (χ3n) is 15.0. The van der Waals surface area contributed by atoms with Crippen LogP contribution in [0, 0.1) is 11.8 Å². The molecule has 0 bridgehead atoms. The predicted molar refractivity (Wildman–Crippen MR) is 260 cm³/mol. The highest BCUT2D eigenvalue weighted by atomic mass is 16.5. The topological polar surface area (TPSA) is 175 Å². The van der Waals surface area contributed by atoms with Crippen molar-refractivity contribution in [3.8, 4) is 45.1 Å². The van der Waals surface area contributed by atoms with E-state index in [1.54, 1.807) is 6.08 Å². The summed E-state index contributed by atoms with van der Waals surface area (Å²) in [6.45, 7) is 7.94. The second-order valence-corrected chi connectivity index (χ2v) is 19.3. The van der Waals surface area contributed by atoms with Crippen LogP contribution >= 0.6 is 0 Å². The number of ether oxygens (including phenoxy) is 2. The van der Waals surface area contributed by atoms with E-state index >= 15 is 0 Å². The van der Waals surface area contributed by atoms with Crippen molar-refractivity contribution in [2.75, 3.05) is 13.1 Å². The number of imidazole rings is 2. The summed E-state index contributed by atoms with van der Waals surface area (Å²) in [4.78, 5) is 75.4. The molecule has 4 atom stereocenters. The molecule has 2 aromatic heterocycles. The summed E-state index contributed by atoms with van der Waals surface area (Å²) in [6.07, 6.45) is 19.7. The lowest BCUT2D eigenvalue weighted by molar-refractivity contribution is -0.139. The van der Waals surface area contributed by atoms with Crippen LogP contribution in [0.4, 0.5) is 0 Å². The Morgan fingerprint density at radius 3 is 1.75 bits per heavy atom. The number of hydrogen-bond donors (Lipinski definition) is 4. The first-order valence-corrected chi connectivity index (χ1v) is 24.7. The number of amides is 4. The molecule has 11 rings (SSSR count). The van der Waals surface area contributed by atoms with Gasteiger partial charge in [-0.2, -0.15) is 0 Å². The standard InChI is InChI=1S/C55H58N8O6/c1-3-4-6-13-32(2)48(60-52(64)34-16-9-17-34)54(66)62-22-11-20-42(62)50-56-28-40(58-50)36-24-38-30-69-45-27-37(25-39-31-68-44(26-36)46(38)47(39)45)41-29-57-51(59-41)43-21-12-23-63(43)55(67)49(33-14-7-5-8-15-33)61-53(65)35-18-10-19-35/h3-8,13-15,24-29,34-35,42-43,48-49H,2,9-12,16-23,30-31H2,1H3,(H,56,58)(H,57,59)(H,60,64)(H,61,65)/b4-3-,13-6-/t42-,43-,48+,49+/m0/s1. The molecule has 3 aromatic carbocycles. The lowest BCUT2D eigenvalue weighted by Crippen LogP contribution is -2.51. The van der Waals surface area contributed by atoms with Crippen molar-refractivity contribution in [1.29, 1.82) is 0 Å². The fourth-order valence-corrected chi connectivity index (χ4v) is 10.8. The van der Waals surface area contributed by atoms with Gasteiger partial charge in [-0.1, -0.05) is 74.1 Å². The highest BCUT2D eigenvalue weighted by molar-refractivity contribution is 5.93. The largest absolute Gasteiger partial charge is 0.488 e. The maximum Gasteiger partial charge on any atom is 0.250 e. The molecule has 4 fully saturated rings. The molecule has 2 saturated carbocycles. The smallest absolute Gasteiger partial charge is 0.250 e. The first-order chi connectivity index (χ1) is 33.7. The van der Waals surface area contributed by atoms with E-state index in [-0.39, 0.29) is 47.5 Å². The maximum atomic E-state index is 14.3.